The quantitative estimate of drug-likeness (QED) is 0.177. The molecular formula is C35H34N2. The molecule has 0 radical (unpaired) electrons. The lowest BCUT2D eigenvalue weighted by molar-refractivity contribution is -0.662. The summed E-state index contributed by atoms with van der Waals surface area (Å²) in [5.74, 6) is 0. The third kappa shape index (κ3) is 5.49. The van der Waals surface area contributed by atoms with Crippen LogP contribution in [0.15, 0.2) is 115 Å². The molecule has 2 heteroatoms. The zero-order valence-corrected chi connectivity index (χ0v) is 21.6. The summed E-state index contributed by atoms with van der Waals surface area (Å²) < 4.78 is 2.34. The molecule has 0 saturated carbocycles. The van der Waals surface area contributed by atoms with Crippen LogP contribution in [0.1, 0.15) is 34.2 Å². The molecule has 0 amide bonds. The Hall–Kier alpha value is -4.17. The molecule has 0 N–H and O–H groups in total. The predicted octanol–water partition coefficient (Wildman–Crippen LogP) is 7.75. The molecule has 0 atom stereocenters. The van der Waals surface area contributed by atoms with Crippen molar-refractivity contribution in [1.29, 1.82) is 0 Å². The van der Waals surface area contributed by atoms with Gasteiger partial charge in [0.05, 0.1) is 5.39 Å². The van der Waals surface area contributed by atoms with Crippen molar-refractivity contribution in [3.05, 3.63) is 151 Å². The van der Waals surface area contributed by atoms with Crippen molar-refractivity contribution in [3.63, 3.8) is 0 Å². The van der Waals surface area contributed by atoms with Crippen LogP contribution in [0.3, 0.4) is 0 Å². The Balaban J connectivity index is 0.00000280. The average molecular weight is 483 g/mol. The van der Waals surface area contributed by atoms with Crippen molar-refractivity contribution in [2.75, 3.05) is 11.4 Å². The van der Waals surface area contributed by atoms with Crippen LogP contribution in [0.2, 0.25) is 0 Å². The van der Waals surface area contributed by atoms with E-state index in [1.807, 2.05) is 0 Å². The van der Waals surface area contributed by atoms with Gasteiger partial charge in [-0.25, -0.2) is 0 Å². The van der Waals surface area contributed by atoms with E-state index in [4.69, 9.17) is 0 Å². The van der Waals surface area contributed by atoms with E-state index in [2.05, 4.69) is 137 Å². The van der Waals surface area contributed by atoms with Crippen LogP contribution in [0.5, 0.6) is 0 Å². The van der Waals surface area contributed by atoms with Crippen LogP contribution in [-0.4, -0.2) is 6.54 Å². The lowest BCUT2D eigenvalue weighted by Gasteiger charge is -2.31. The van der Waals surface area contributed by atoms with Crippen molar-refractivity contribution in [2.24, 2.45) is 0 Å². The first kappa shape index (κ1) is 24.5. The van der Waals surface area contributed by atoms with Gasteiger partial charge >= 0.3 is 0 Å². The number of anilines is 1. The second-order valence-electron chi connectivity index (χ2n) is 9.63. The Morgan fingerprint density at radius 3 is 2.27 bits per heavy atom. The number of pyridine rings is 1. The molecule has 184 valence electrons. The van der Waals surface area contributed by atoms with Crippen LogP contribution < -0.4 is 9.47 Å². The lowest BCUT2D eigenvalue weighted by Crippen LogP contribution is -2.34. The van der Waals surface area contributed by atoms with Gasteiger partial charge in [0.1, 0.15) is 0 Å². The van der Waals surface area contributed by atoms with Gasteiger partial charge < -0.3 is 12.3 Å². The first-order chi connectivity index (χ1) is 17.8. The van der Waals surface area contributed by atoms with E-state index in [1.165, 1.54) is 50.8 Å². The van der Waals surface area contributed by atoms with Gasteiger partial charge in [0.2, 0.25) is 5.52 Å². The summed E-state index contributed by atoms with van der Waals surface area (Å²) >= 11 is 0. The maximum Gasteiger partial charge on any atom is 0.213 e. The number of aromatic nitrogens is 1. The van der Waals surface area contributed by atoms with Gasteiger partial charge in [-0.15, -0.1) is 0 Å². The van der Waals surface area contributed by atoms with Gasteiger partial charge in [0.25, 0.3) is 0 Å². The first-order valence-electron chi connectivity index (χ1n) is 12.9. The van der Waals surface area contributed by atoms with Gasteiger partial charge in [-0.2, -0.15) is 4.57 Å². The van der Waals surface area contributed by atoms with Gasteiger partial charge in [-0.3, -0.25) is 0 Å². The number of hydrogen-bond donors (Lipinski definition) is 0. The van der Waals surface area contributed by atoms with Gasteiger partial charge in [0, 0.05) is 36.5 Å². The molecule has 37 heavy (non-hydrogen) atoms. The highest BCUT2D eigenvalue weighted by molar-refractivity contribution is 5.88. The first-order valence-corrected chi connectivity index (χ1v) is 12.9. The molecular weight excluding hydrogens is 448 g/mol. The molecule has 0 saturated heterocycles. The van der Waals surface area contributed by atoms with Crippen molar-refractivity contribution >= 4 is 28.7 Å². The Morgan fingerprint density at radius 1 is 0.730 bits per heavy atom. The molecule has 6 rings (SSSR count). The molecule has 4 aromatic carbocycles. The second-order valence-corrected chi connectivity index (χ2v) is 9.63. The minimum Gasteiger partial charge on any atom is -0.367 e. The zero-order valence-electron chi connectivity index (χ0n) is 21.6. The molecule has 2 heterocycles. The van der Waals surface area contributed by atoms with Crippen molar-refractivity contribution in [2.45, 2.75) is 25.9 Å². The highest BCUT2D eigenvalue weighted by Gasteiger charge is 2.17. The van der Waals surface area contributed by atoms with Gasteiger partial charge in [-0.05, 0) is 53.3 Å². The third-order valence-corrected chi connectivity index (χ3v) is 7.14. The molecule has 0 bridgehead atoms. The largest absolute Gasteiger partial charge is 0.367 e. The minimum absolute atomic E-state index is 0. The lowest BCUT2D eigenvalue weighted by atomic mass is 9.98. The molecule has 0 unspecified atom stereocenters. The van der Waals surface area contributed by atoms with E-state index >= 15 is 0 Å². The van der Waals surface area contributed by atoms with E-state index < -0.39 is 0 Å². The van der Waals surface area contributed by atoms with Gasteiger partial charge in [-0.1, -0.05) is 91.0 Å². The van der Waals surface area contributed by atoms with E-state index in [1.54, 1.807) is 0 Å². The smallest absolute Gasteiger partial charge is 0.213 e. The molecule has 1 aliphatic rings. The van der Waals surface area contributed by atoms with Crippen LogP contribution in [0, 0.1) is 7.43 Å². The fraction of sp³-hybridized carbons (Fsp3) is 0.143. The highest BCUT2D eigenvalue weighted by atomic mass is 15.1. The molecule has 0 spiro atoms. The number of rotatable bonds is 6. The number of para-hydroxylation sites is 1. The Kier molecular flexibility index (Phi) is 7.46. The average Bonchev–Trinajstić information content (AvgIpc) is 2.94. The highest BCUT2D eigenvalue weighted by Crippen LogP contribution is 2.30. The maximum absolute atomic E-state index is 2.53. The van der Waals surface area contributed by atoms with Crippen LogP contribution in [0.25, 0.3) is 23.1 Å². The summed E-state index contributed by atoms with van der Waals surface area (Å²) in [7, 11) is 0. The monoisotopic (exact) mass is 482 g/mol. The molecule has 0 aliphatic carbocycles. The van der Waals surface area contributed by atoms with E-state index in [-0.39, 0.29) is 7.43 Å². The summed E-state index contributed by atoms with van der Waals surface area (Å²) in [4.78, 5) is 2.53. The number of nitrogens with zero attached hydrogens (tertiary/aromatic N) is 2. The maximum atomic E-state index is 2.53. The van der Waals surface area contributed by atoms with Crippen molar-refractivity contribution < 1.29 is 4.57 Å². The van der Waals surface area contributed by atoms with Crippen molar-refractivity contribution in [3.8, 4) is 0 Å². The number of fused-ring (bicyclic) bond motifs is 2. The fourth-order valence-corrected chi connectivity index (χ4v) is 5.32. The van der Waals surface area contributed by atoms with Crippen LogP contribution in [-0.2, 0) is 19.5 Å². The molecule has 0 fully saturated rings. The third-order valence-electron chi connectivity index (χ3n) is 7.14. The Labute approximate surface area is 221 Å². The molecule has 5 aromatic rings. The summed E-state index contributed by atoms with van der Waals surface area (Å²) in [6.45, 7) is 2.97. The van der Waals surface area contributed by atoms with E-state index in [0.29, 0.717) is 0 Å². The van der Waals surface area contributed by atoms with Crippen molar-refractivity contribution in [1.82, 2.24) is 0 Å². The number of hydrogen-bond acceptors (Lipinski definition) is 1. The molecule has 2 nitrogen and oxygen atoms in total. The summed E-state index contributed by atoms with van der Waals surface area (Å²) in [5.41, 5.74) is 9.29. The summed E-state index contributed by atoms with van der Waals surface area (Å²) in [6, 6.07) is 39.3. The molecule has 1 aliphatic heterocycles. The second kappa shape index (κ2) is 11.3. The Bertz CT molecular complexity index is 1500. The fourth-order valence-electron chi connectivity index (χ4n) is 5.32. The van der Waals surface area contributed by atoms with E-state index in [9.17, 15) is 0 Å². The predicted molar refractivity (Wildman–Crippen MR) is 157 cm³/mol. The topological polar surface area (TPSA) is 7.12 Å². The van der Waals surface area contributed by atoms with E-state index in [0.717, 1.165) is 26.1 Å². The zero-order chi connectivity index (χ0) is 24.2. The number of benzene rings is 4. The van der Waals surface area contributed by atoms with Gasteiger partial charge in [0.15, 0.2) is 12.7 Å². The summed E-state index contributed by atoms with van der Waals surface area (Å²) in [5, 5.41) is 1.28. The number of aryl methyl sites for hydroxylation is 1. The Morgan fingerprint density at radius 2 is 1.46 bits per heavy atom. The SMILES string of the molecule is C(=Cc1cc[n+](Cc2ccccc2)c2ccccc12)c1ccc2c(c1)CCCN2Cc1ccccc1.[CH3-]. The minimum atomic E-state index is 0. The summed E-state index contributed by atoms with van der Waals surface area (Å²) in [6.07, 6.45) is 9.10. The van der Waals surface area contributed by atoms with Crippen LogP contribution >= 0.6 is 0 Å². The van der Waals surface area contributed by atoms with Crippen LogP contribution in [0.4, 0.5) is 5.69 Å². The normalized spacial score (nSPS) is 12.9. The standard InChI is InChI=1S/C34H31N2.CH3/c1-3-10-28(11-4-1)25-35-22-9-14-31-24-27(18-20-33(31)35)17-19-30-21-23-36(26-29-12-5-2-6-13-29)34-16-8-7-15-32(30)34;/h1-8,10-13,15-21,23-24H,9,14,22,25-26H2;1H3/q+1;-1. The molecule has 1 aromatic heterocycles.